The Labute approximate surface area is 122 Å². The number of benzene rings is 1. The van der Waals surface area contributed by atoms with Crippen molar-refractivity contribution in [3.63, 3.8) is 0 Å². The fourth-order valence-electron chi connectivity index (χ4n) is 1.72. The molecule has 7 heteroatoms. The lowest BCUT2D eigenvalue weighted by Crippen LogP contribution is -2.13. The fraction of sp³-hybridized carbons (Fsp3) is 0.143. The first-order chi connectivity index (χ1) is 9.97. The average Bonchev–Trinajstić information content (AvgIpc) is 2.46. The minimum atomic E-state index is -3.67. The highest BCUT2D eigenvalue weighted by molar-refractivity contribution is 7.92. The molecule has 0 saturated carbocycles. The van der Waals surface area contributed by atoms with Crippen molar-refractivity contribution >= 4 is 21.7 Å². The summed E-state index contributed by atoms with van der Waals surface area (Å²) in [4.78, 5) is 14.4. The summed E-state index contributed by atoms with van der Waals surface area (Å²) in [5, 5.41) is 8.61. The summed E-state index contributed by atoms with van der Waals surface area (Å²) in [5.41, 5.74) is 1.16. The van der Waals surface area contributed by atoms with Crippen LogP contribution in [0.25, 0.3) is 0 Å². The van der Waals surface area contributed by atoms with Crippen LogP contribution >= 0.6 is 0 Å². The topological polar surface area (TPSA) is 96.4 Å². The molecule has 0 spiro atoms. The fourth-order valence-corrected chi connectivity index (χ4v) is 2.77. The quantitative estimate of drug-likeness (QED) is 0.849. The molecule has 2 rings (SSSR count). The third-order valence-electron chi connectivity index (χ3n) is 2.77. The molecule has 2 N–H and O–H groups in total. The van der Waals surface area contributed by atoms with Gasteiger partial charge < -0.3 is 5.11 Å². The molecule has 0 atom stereocenters. The van der Waals surface area contributed by atoms with E-state index in [1.807, 2.05) is 0 Å². The number of anilines is 1. The molecule has 0 amide bonds. The minimum absolute atomic E-state index is 0.0139. The van der Waals surface area contributed by atoms with E-state index in [2.05, 4.69) is 9.71 Å². The summed E-state index contributed by atoms with van der Waals surface area (Å²) in [6.07, 6.45) is 3.35. The number of sulfonamides is 1. The molecule has 0 aliphatic carbocycles. The number of aliphatic carboxylic acids is 1. The van der Waals surface area contributed by atoms with Crippen LogP contribution in [0.3, 0.4) is 0 Å². The van der Waals surface area contributed by atoms with Gasteiger partial charge in [-0.1, -0.05) is 12.1 Å². The van der Waals surface area contributed by atoms with Crippen LogP contribution in [0.5, 0.6) is 0 Å². The molecular formula is C14H14N2O4S. The van der Waals surface area contributed by atoms with Crippen LogP contribution in [0.15, 0.2) is 53.7 Å². The van der Waals surface area contributed by atoms with Crippen molar-refractivity contribution in [2.75, 3.05) is 4.72 Å². The van der Waals surface area contributed by atoms with Crippen molar-refractivity contribution in [2.24, 2.45) is 0 Å². The van der Waals surface area contributed by atoms with E-state index in [0.717, 1.165) is 5.56 Å². The van der Waals surface area contributed by atoms with E-state index in [0.29, 0.717) is 12.1 Å². The maximum absolute atomic E-state index is 12.1. The van der Waals surface area contributed by atoms with Gasteiger partial charge in [-0.3, -0.25) is 14.5 Å². The number of aryl methyl sites for hydroxylation is 1. The molecule has 1 aromatic heterocycles. The van der Waals surface area contributed by atoms with Gasteiger partial charge >= 0.3 is 5.97 Å². The number of hydrogen-bond acceptors (Lipinski definition) is 4. The summed E-state index contributed by atoms with van der Waals surface area (Å²) in [5.74, 6) is -0.884. The summed E-state index contributed by atoms with van der Waals surface area (Å²) < 4.78 is 26.7. The number of carboxylic acids is 1. The number of nitrogens with zero attached hydrogens (tertiary/aromatic N) is 1. The van der Waals surface area contributed by atoms with Gasteiger partial charge in [-0.2, -0.15) is 0 Å². The predicted molar refractivity (Wildman–Crippen MR) is 77.4 cm³/mol. The lowest BCUT2D eigenvalue weighted by Gasteiger charge is -2.08. The molecule has 21 heavy (non-hydrogen) atoms. The molecule has 1 heterocycles. The maximum Gasteiger partial charge on any atom is 0.303 e. The molecular weight excluding hydrogens is 292 g/mol. The molecule has 110 valence electrons. The third-order valence-corrected chi connectivity index (χ3v) is 4.17. The van der Waals surface area contributed by atoms with Gasteiger partial charge in [0.1, 0.15) is 0 Å². The Balaban J connectivity index is 2.12. The average molecular weight is 306 g/mol. The largest absolute Gasteiger partial charge is 0.481 e. The van der Waals surface area contributed by atoms with Gasteiger partial charge in [-0.25, -0.2) is 8.42 Å². The smallest absolute Gasteiger partial charge is 0.303 e. The summed E-state index contributed by atoms with van der Waals surface area (Å²) in [6, 6.07) is 9.37. The Morgan fingerprint density at radius 1 is 1.19 bits per heavy atom. The lowest BCUT2D eigenvalue weighted by molar-refractivity contribution is -0.136. The monoisotopic (exact) mass is 306 g/mol. The van der Waals surface area contributed by atoms with E-state index in [4.69, 9.17) is 5.11 Å². The van der Waals surface area contributed by atoms with Gasteiger partial charge in [0.15, 0.2) is 0 Å². The Hall–Kier alpha value is -2.41. The van der Waals surface area contributed by atoms with E-state index < -0.39 is 16.0 Å². The number of aromatic nitrogens is 1. The first kappa shape index (κ1) is 15.0. The van der Waals surface area contributed by atoms with Gasteiger partial charge in [-0.05, 0) is 36.2 Å². The van der Waals surface area contributed by atoms with Crippen molar-refractivity contribution in [3.8, 4) is 0 Å². The molecule has 6 nitrogen and oxygen atoms in total. The van der Waals surface area contributed by atoms with Gasteiger partial charge in [-0.15, -0.1) is 0 Å². The number of rotatable bonds is 6. The van der Waals surface area contributed by atoms with Crippen LogP contribution in [0.4, 0.5) is 5.69 Å². The van der Waals surface area contributed by atoms with Crippen molar-refractivity contribution in [1.29, 1.82) is 0 Å². The standard InChI is InChI=1S/C14H14N2O4S/c17-14(18)8-5-11-3-6-13(7-4-11)21(19,20)16-12-2-1-9-15-10-12/h1-4,6-7,9-10,16H,5,8H2,(H,17,18). The first-order valence-corrected chi connectivity index (χ1v) is 7.69. The molecule has 1 aromatic carbocycles. The van der Waals surface area contributed by atoms with Crippen LogP contribution in [-0.4, -0.2) is 24.5 Å². The van der Waals surface area contributed by atoms with Gasteiger partial charge in [0.05, 0.1) is 16.8 Å². The van der Waals surface area contributed by atoms with Crippen LogP contribution in [-0.2, 0) is 21.2 Å². The van der Waals surface area contributed by atoms with E-state index in [-0.39, 0.29) is 11.3 Å². The maximum atomic E-state index is 12.1. The summed E-state index contributed by atoms with van der Waals surface area (Å²) in [7, 11) is -3.67. The summed E-state index contributed by atoms with van der Waals surface area (Å²) >= 11 is 0. The van der Waals surface area contributed by atoms with E-state index in [1.165, 1.54) is 18.3 Å². The predicted octanol–water partition coefficient (Wildman–Crippen LogP) is 1.90. The van der Waals surface area contributed by atoms with Crippen molar-refractivity contribution < 1.29 is 18.3 Å². The van der Waals surface area contributed by atoms with Crippen molar-refractivity contribution in [1.82, 2.24) is 4.98 Å². The molecule has 2 aromatic rings. The number of carboxylic acid groups (broad SMARTS) is 1. The lowest BCUT2D eigenvalue weighted by atomic mass is 10.1. The summed E-state index contributed by atoms with van der Waals surface area (Å²) in [6.45, 7) is 0. The Kier molecular flexibility index (Phi) is 4.54. The molecule has 0 aliphatic rings. The third kappa shape index (κ3) is 4.28. The highest BCUT2D eigenvalue weighted by Crippen LogP contribution is 2.16. The number of carbonyl (C=O) groups is 1. The SMILES string of the molecule is O=C(O)CCc1ccc(S(=O)(=O)Nc2cccnc2)cc1. The van der Waals surface area contributed by atoms with Crippen LogP contribution < -0.4 is 4.72 Å². The Bertz CT molecular complexity index is 712. The molecule has 0 aliphatic heterocycles. The first-order valence-electron chi connectivity index (χ1n) is 6.21. The van der Waals surface area contributed by atoms with Crippen LogP contribution in [0, 0.1) is 0 Å². The van der Waals surface area contributed by atoms with Gasteiger partial charge in [0.25, 0.3) is 10.0 Å². The van der Waals surface area contributed by atoms with Crippen molar-refractivity contribution in [3.05, 3.63) is 54.4 Å². The molecule has 0 radical (unpaired) electrons. The van der Waals surface area contributed by atoms with E-state index in [1.54, 1.807) is 30.5 Å². The second-order valence-corrected chi connectivity index (χ2v) is 6.07. The molecule has 0 fully saturated rings. The molecule has 0 saturated heterocycles. The zero-order valence-electron chi connectivity index (χ0n) is 11.1. The van der Waals surface area contributed by atoms with Gasteiger partial charge in [0.2, 0.25) is 0 Å². The second-order valence-electron chi connectivity index (χ2n) is 4.38. The minimum Gasteiger partial charge on any atom is -0.481 e. The van der Waals surface area contributed by atoms with E-state index >= 15 is 0 Å². The highest BCUT2D eigenvalue weighted by Gasteiger charge is 2.14. The number of pyridine rings is 1. The number of nitrogens with one attached hydrogen (secondary N) is 1. The second kappa shape index (κ2) is 6.36. The Morgan fingerprint density at radius 3 is 2.48 bits per heavy atom. The highest BCUT2D eigenvalue weighted by atomic mass is 32.2. The Morgan fingerprint density at radius 2 is 1.90 bits per heavy atom. The molecule has 0 unspecified atom stereocenters. The number of hydrogen-bond donors (Lipinski definition) is 2. The van der Waals surface area contributed by atoms with E-state index in [9.17, 15) is 13.2 Å². The van der Waals surface area contributed by atoms with Crippen LogP contribution in [0.1, 0.15) is 12.0 Å². The zero-order valence-corrected chi connectivity index (χ0v) is 11.9. The van der Waals surface area contributed by atoms with Gasteiger partial charge in [0, 0.05) is 12.6 Å². The van der Waals surface area contributed by atoms with Crippen LogP contribution in [0.2, 0.25) is 0 Å². The molecule has 0 bridgehead atoms. The zero-order chi connectivity index (χ0) is 15.3. The normalized spacial score (nSPS) is 11.0. The van der Waals surface area contributed by atoms with Crippen molar-refractivity contribution in [2.45, 2.75) is 17.7 Å².